The zero-order chi connectivity index (χ0) is 10.6. The van der Waals surface area contributed by atoms with Crippen LogP contribution in [0.5, 0.6) is 0 Å². The molecule has 1 aromatic rings. The van der Waals surface area contributed by atoms with Gasteiger partial charge in [0.15, 0.2) is 0 Å². The first-order valence-electron chi connectivity index (χ1n) is 5.12. The predicted octanol–water partition coefficient (Wildman–Crippen LogP) is 3.93. The molecular formula is C12H19NS. The highest BCUT2D eigenvalue weighted by Gasteiger charge is 2.03. The lowest BCUT2D eigenvalue weighted by Gasteiger charge is -2.10. The Hall–Kier alpha value is -0.630. The van der Waals surface area contributed by atoms with E-state index in [4.69, 9.17) is 0 Å². The zero-order valence-electron chi connectivity index (χ0n) is 9.42. The van der Waals surface area contributed by atoms with Gasteiger partial charge in [0.1, 0.15) is 0 Å². The molecule has 0 aliphatic rings. The van der Waals surface area contributed by atoms with Crippen molar-refractivity contribution in [2.24, 2.45) is 0 Å². The van der Waals surface area contributed by atoms with Crippen LogP contribution in [-0.2, 0) is 0 Å². The van der Waals surface area contributed by atoms with Crippen LogP contribution < -0.4 is 5.32 Å². The van der Waals surface area contributed by atoms with Crippen molar-refractivity contribution in [3.8, 4) is 0 Å². The quantitative estimate of drug-likeness (QED) is 0.754. The lowest BCUT2D eigenvalue weighted by atomic mass is 10.2. The molecule has 1 aromatic carbocycles. The molecule has 1 nitrogen and oxygen atoms in total. The number of anilines is 1. The van der Waals surface area contributed by atoms with E-state index in [0.717, 1.165) is 0 Å². The zero-order valence-corrected chi connectivity index (χ0v) is 10.2. The fourth-order valence-electron chi connectivity index (χ4n) is 1.31. The molecule has 0 spiro atoms. The Balaban J connectivity index is 2.76. The Kier molecular flexibility index (Phi) is 4.33. The van der Waals surface area contributed by atoms with Crippen LogP contribution in [0.1, 0.15) is 25.8 Å². The van der Waals surface area contributed by atoms with Crippen molar-refractivity contribution in [1.82, 2.24) is 0 Å². The molecule has 1 N–H and O–H groups in total. The number of aryl methyl sites for hydroxylation is 1. The van der Waals surface area contributed by atoms with Gasteiger partial charge in [-0.3, -0.25) is 0 Å². The van der Waals surface area contributed by atoms with E-state index >= 15 is 0 Å². The van der Waals surface area contributed by atoms with Gasteiger partial charge in [0.2, 0.25) is 0 Å². The molecule has 0 bridgehead atoms. The molecule has 0 saturated heterocycles. The Morgan fingerprint density at radius 2 is 2.14 bits per heavy atom. The van der Waals surface area contributed by atoms with Gasteiger partial charge in [-0.1, -0.05) is 13.8 Å². The molecule has 0 aliphatic carbocycles. The van der Waals surface area contributed by atoms with Gasteiger partial charge in [0.25, 0.3) is 0 Å². The third kappa shape index (κ3) is 2.95. The highest BCUT2D eigenvalue weighted by Crippen LogP contribution is 2.28. The van der Waals surface area contributed by atoms with Crippen LogP contribution in [0.4, 0.5) is 5.69 Å². The minimum atomic E-state index is 0.704. The maximum absolute atomic E-state index is 3.18. The summed E-state index contributed by atoms with van der Waals surface area (Å²) < 4.78 is 0. The largest absolute Gasteiger partial charge is 0.388 e. The standard InChI is InChI=1S/C12H19NS/c1-5-10(3)14-11-6-7-12(13-4)9(2)8-11/h6-8,10,13H,5H2,1-4H3. The first kappa shape index (κ1) is 11.4. The Morgan fingerprint density at radius 3 is 2.64 bits per heavy atom. The third-order valence-corrected chi connectivity index (χ3v) is 3.64. The molecule has 0 amide bonds. The molecular weight excluding hydrogens is 190 g/mol. The normalized spacial score (nSPS) is 12.6. The van der Waals surface area contributed by atoms with Gasteiger partial charge in [-0.2, -0.15) is 0 Å². The molecule has 0 aliphatic heterocycles. The molecule has 78 valence electrons. The van der Waals surface area contributed by atoms with Crippen LogP contribution in [0, 0.1) is 6.92 Å². The van der Waals surface area contributed by atoms with E-state index in [1.54, 1.807) is 0 Å². The van der Waals surface area contributed by atoms with Crippen LogP contribution in [0.2, 0.25) is 0 Å². The first-order valence-corrected chi connectivity index (χ1v) is 6.00. The summed E-state index contributed by atoms with van der Waals surface area (Å²) >= 11 is 1.95. The van der Waals surface area contributed by atoms with E-state index < -0.39 is 0 Å². The third-order valence-electron chi connectivity index (χ3n) is 2.38. The van der Waals surface area contributed by atoms with Gasteiger partial charge >= 0.3 is 0 Å². The van der Waals surface area contributed by atoms with Gasteiger partial charge in [-0.05, 0) is 37.1 Å². The van der Waals surface area contributed by atoms with Crippen LogP contribution in [0.25, 0.3) is 0 Å². The highest BCUT2D eigenvalue weighted by molar-refractivity contribution is 7.99. The Labute approximate surface area is 91.3 Å². The first-order chi connectivity index (χ1) is 6.67. The monoisotopic (exact) mass is 209 g/mol. The van der Waals surface area contributed by atoms with E-state index in [0.29, 0.717) is 5.25 Å². The van der Waals surface area contributed by atoms with Crippen LogP contribution in [0.3, 0.4) is 0 Å². The number of thioether (sulfide) groups is 1. The van der Waals surface area contributed by atoms with Crippen molar-refractivity contribution in [3.63, 3.8) is 0 Å². The van der Waals surface area contributed by atoms with Crippen molar-refractivity contribution in [1.29, 1.82) is 0 Å². The summed E-state index contributed by atoms with van der Waals surface area (Å²) in [5.41, 5.74) is 2.54. The Morgan fingerprint density at radius 1 is 1.43 bits per heavy atom. The van der Waals surface area contributed by atoms with Gasteiger partial charge in [-0.15, -0.1) is 11.8 Å². The van der Waals surface area contributed by atoms with E-state index in [1.165, 1.54) is 22.6 Å². The Bertz CT molecular complexity index is 296. The number of rotatable bonds is 4. The van der Waals surface area contributed by atoms with Crippen LogP contribution >= 0.6 is 11.8 Å². The summed E-state index contributed by atoms with van der Waals surface area (Å²) in [5, 5.41) is 3.88. The fourth-order valence-corrected chi connectivity index (χ4v) is 2.33. The van der Waals surface area contributed by atoms with Gasteiger partial charge < -0.3 is 5.32 Å². The summed E-state index contributed by atoms with van der Waals surface area (Å²) in [5.74, 6) is 0. The van der Waals surface area contributed by atoms with Crippen molar-refractivity contribution in [2.45, 2.75) is 37.3 Å². The summed E-state index contributed by atoms with van der Waals surface area (Å²) in [6.07, 6.45) is 1.22. The molecule has 0 radical (unpaired) electrons. The average molecular weight is 209 g/mol. The average Bonchev–Trinajstić information content (AvgIpc) is 2.18. The summed E-state index contributed by atoms with van der Waals surface area (Å²) in [6.45, 7) is 6.64. The van der Waals surface area contributed by atoms with E-state index in [-0.39, 0.29) is 0 Å². The second-order valence-corrected chi connectivity index (χ2v) is 5.08. The fraction of sp³-hybridized carbons (Fsp3) is 0.500. The van der Waals surface area contributed by atoms with Gasteiger partial charge in [0.05, 0.1) is 0 Å². The molecule has 2 heteroatoms. The topological polar surface area (TPSA) is 12.0 Å². The molecule has 0 fully saturated rings. The number of nitrogens with one attached hydrogen (secondary N) is 1. The molecule has 1 rings (SSSR count). The second-order valence-electron chi connectivity index (χ2n) is 3.56. The van der Waals surface area contributed by atoms with Crippen molar-refractivity contribution in [3.05, 3.63) is 23.8 Å². The van der Waals surface area contributed by atoms with Crippen molar-refractivity contribution in [2.75, 3.05) is 12.4 Å². The molecule has 1 atom stereocenters. The predicted molar refractivity (Wildman–Crippen MR) is 66.3 cm³/mol. The number of benzene rings is 1. The minimum absolute atomic E-state index is 0.704. The second kappa shape index (κ2) is 5.30. The van der Waals surface area contributed by atoms with Gasteiger partial charge in [0, 0.05) is 22.9 Å². The van der Waals surface area contributed by atoms with Gasteiger partial charge in [-0.25, -0.2) is 0 Å². The summed E-state index contributed by atoms with van der Waals surface area (Å²) in [4.78, 5) is 1.37. The lowest BCUT2D eigenvalue weighted by molar-refractivity contribution is 0.905. The molecule has 0 heterocycles. The van der Waals surface area contributed by atoms with Crippen molar-refractivity contribution < 1.29 is 0 Å². The molecule has 14 heavy (non-hydrogen) atoms. The number of hydrogen-bond acceptors (Lipinski definition) is 2. The van der Waals surface area contributed by atoms with Crippen molar-refractivity contribution >= 4 is 17.4 Å². The molecule has 1 unspecified atom stereocenters. The maximum Gasteiger partial charge on any atom is 0.0368 e. The minimum Gasteiger partial charge on any atom is -0.388 e. The highest BCUT2D eigenvalue weighted by atomic mass is 32.2. The SMILES string of the molecule is CCC(C)Sc1ccc(NC)c(C)c1. The maximum atomic E-state index is 3.18. The van der Waals surface area contributed by atoms with Crippen LogP contribution in [0.15, 0.2) is 23.1 Å². The lowest BCUT2D eigenvalue weighted by Crippen LogP contribution is -1.94. The smallest absolute Gasteiger partial charge is 0.0368 e. The molecule has 0 aromatic heterocycles. The summed E-state index contributed by atoms with van der Waals surface area (Å²) in [6, 6.07) is 6.60. The van der Waals surface area contributed by atoms with E-state index in [1.807, 2.05) is 18.8 Å². The van der Waals surface area contributed by atoms with E-state index in [2.05, 4.69) is 44.3 Å². The summed E-state index contributed by atoms with van der Waals surface area (Å²) in [7, 11) is 1.96. The number of hydrogen-bond donors (Lipinski definition) is 1. The van der Waals surface area contributed by atoms with Crippen LogP contribution in [-0.4, -0.2) is 12.3 Å². The van der Waals surface area contributed by atoms with E-state index in [9.17, 15) is 0 Å². The molecule has 0 saturated carbocycles.